The molecule has 0 heterocycles. The highest BCUT2D eigenvalue weighted by Gasteiger charge is 2.05. The molecule has 0 saturated heterocycles. The Hall–Kier alpha value is -2.62. The third-order valence-electron chi connectivity index (χ3n) is 3.83. The molecule has 2 N–H and O–H groups in total. The molecule has 4 heteroatoms. The van der Waals surface area contributed by atoms with Crippen molar-refractivity contribution in [3.05, 3.63) is 70.3 Å². The highest BCUT2D eigenvalue weighted by molar-refractivity contribution is 5.87. The molecular weight excluding hydrogens is 302 g/mol. The second-order valence-electron chi connectivity index (χ2n) is 6.10. The van der Waals surface area contributed by atoms with Gasteiger partial charge in [-0.1, -0.05) is 41.5 Å². The monoisotopic (exact) mass is 325 g/mol. The number of carbonyl (C=O) groups excluding carboxylic acids is 1. The van der Waals surface area contributed by atoms with Gasteiger partial charge >= 0.3 is 5.97 Å². The molecule has 0 aliphatic heterocycles. The zero-order chi connectivity index (χ0) is 17.5. The van der Waals surface area contributed by atoms with Gasteiger partial charge in [-0.15, -0.1) is 0 Å². The van der Waals surface area contributed by atoms with Crippen molar-refractivity contribution < 1.29 is 14.7 Å². The van der Waals surface area contributed by atoms with Crippen molar-refractivity contribution in [2.45, 2.75) is 33.1 Å². The van der Waals surface area contributed by atoms with Gasteiger partial charge < -0.3 is 10.4 Å². The van der Waals surface area contributed by atoms with Crippen LogP contribution in [0.25, 0.3) is 0 Å². The summed E-state index contributed by atoms with van der Waals surface area (Å²) in [4.78, 5) is 22.9. The number of amides is 1. The Bertz CT molecular complexity index is 717. The highest BCUT2D eigenvalue weighted by Crippen LogP contribution is 2.11. The van der Waals surface area contributed by atoms with E-state index in [1.807, 2.05) is 6.07 Å². The van der Waals surface area contributed by atoms with Gasteiger partial charge in [0.1, 0.15) is 0 Å². The lowest BCUT2D eigenvalue weighted by Crippen LogP contribution is -2.25. The summed E-state index contributed by atoms with van der Waals surface area (Å²) in [5.74, 6) is -0.919. The van der Waals surface area contributed by atoms with Crippen LogP contribution in [-0.2, 0) is 17.6 Å². The van der Waals surface area contributed by atoms with Crippen LogP contribution in [0.1, 0.15) is 39.0 Å². The molecular formula is C20H23NO3. The molecule has 0 aromatic heterocycles. The van der Waals surface area contributed by atoms with Gasteiger partial charge in [-0.3, -0.25) is 4.79 Å². The van der Waals surface area contributed by atoms with Crippen LogP contribution in [0, 0.1) is 13.8 Å². The van der Waals surface area contributed by atoms with Crippen LogP contribution in [0.15, 0.2) is 42.5 Å². The predicted molar refractivity (Wildman–Crippen MR) is 94.4 cm³/mol. The van der Waals surface area contributed by atoms with Crippen molar-refractivity contribution >= 4 is 11.9 Å². The van der Waals surface area contributed by atoms with Crippen LogP contribution in [0.5, 0.6) is 0 Å². The maximum absolute atomic E-state index is 11.9. The SMILES string of the molecule is Cc1cc(C)cc(CCC(=O)NCCc2cccc(C(=O)O)c2)c1. The fourth-order valence-corrected chi connectivity index (χ4v) is 2.77. The minimum absolute atomic E-state index is 0.0172. The van der Waals surface area contributed by atoms with E-state index in [4.69, 9.17) is 5.11 Å². The Morgan fingerprint density at radius 3 is 2.33 bits per heavy atom. The minimum atomic E-state index is -0.936. The summed E-state index contributed by atoms with van der Waals surface area (Å²) in [7, 11) is 0. The Balaban J connectivity index is 1.77. The third-order valence-corrected chi connectivity index (χ3v) is 3.83. The Kier molecular flexibility index (Phi) is 6.13. The van der Waals surface area contributed by atoms with Crippen LogP contribution in [0.2, 0.25) is 0 Å². The maximum Gasteiger partial charge on any atom is 0.335 e. The van der Waals surface area contributed by atoms with Crippen molar-refractivity contribution in [3.8, 4) is 0 Å². The first-order valence-electron chi connectivity index (χ1n) is 8.10. The lowest BCUT2D eigenvalue weighted by molar-refractivity contribution is -0.121. The van der Waals surface area contributed by atoms with E-state index in [1.54, 1.807) is 18.2 Å². The van der Waals surface area contributed by atoms with E-state index in [0.717, 1.165) is 12.0 Å². The zero-order valence-corrected chi connectivity index (χ0v) is 14.1. The fourth-order valence-electron chi connectivity index (χ4n) is 2.77. The molecule has 2 aromatic carbocycles. The van der Waals surface area contributed by atoms with E-state index in [0.29, 0.717) is 19.4 Å². The average molecular weight is 325 g/mol. The van der Waals surface area contributed by atoms with E-state index in [1.165, 1.54) is 16.7 Å². The molecule has 2 rings (SSSR count). The zero-order valence-electron chi connectivity index (χ0n) is 14.1. The normalized spacial score (nSPS) is 10.4. The largest absolute Gasteiger partial charge is 0.478 e. The van der Waals surface area contributed by atoms with Crippen molar-refractivity contribution in [1.82, 2.24) is 5.32 Å². The van der Waals surface area contributed by atoms with Gasteiger partial charge in [0.2, 0.25) is 5.91 Å². The molecule has 4 nitrogen and oxygen atoms in total. The summed E-state index contributed by atoms with van der Waals surface area (Å²) in [6.45, 7) is 4.62. The van der Waals surface area contributed by atoms with E-state index in [9.17, 15) is 9.59 Å². The third kappa shape index (κ3) is 5.54. The molecule has 0 fully saturated rings. The summed E-state index contributed by atoms with van der Waals surface area (Å²) in [6.07, 6.45) is 1.80. The highest BCUT2D eigenvalue weighted by atomic mass is 16.4. The van der Waals surface area contributed by atoms with Gasteiger partial charge in [0, 0.05) is 13.0 Å². The summed E-state index contributed by atoms with van der Waals surface area (Å²) < 4.78 is 0. The van der Waals surface area contributed by atoms with Crippen LogP contribution in [0.3, 0.4) is 0 Å². The summed E-state index contributed by atoms with van der Waals surface area (Å²) in [5.41, 5.74) is 4.78. The maximum atomic E-state index is 11.9. The van der Waals surface area contributed by atoms with Crippen molar-refractivity contribution in [2.24, 2.45) is 0 Å². The van der Waals surface area contributed by atoms with Gasteiger partial charge in [0.15, 0.2) is 0 Å². The molecule has 126 valence electrons. The van der Waals surface area contributed by atoms with E-state index < -0.39 is 5.97 Å². The Labute approximate surface area is 142 Å². The number of aryl methyl sites for hydroxylation is 3. The molecule has 24 heavy (non-hydrogen) atoms. The summed E-state index contributed by atoms with van der Waals surface area (Å²) in [5, 5.41) is 11.9. The second kappa shape index (κ2) is 8.29. The van der Waals surface area contributed by atoms with Crippen molar-refractivity contribution in [3.63, 3.8) is 0 Å². The Morgan fingerprint density at radius 1 is 0.958 bits per heavy atom. The quantitative estimate of drug-likeness (QED) is 0.821. The molecule has 0 spiro atoms. The first kappa shape index (κ1) is 17.7. The fraction of sp³-hybridized carbons (Fsp3) is 0.300. The molecule has 0 radical (unpaired) electrons. The number of carboxylic acids is 1. The molecule has 1 amide bonds. The Morgan fingerprint density at radius 2 is 1.67 bits per heavy atom. The number of aromatic carboxylic acids is 1. The number of nitrogens with one attached hydrogen (secondary N) is 1. The average Bonchev–Trinajstić information content (AvgIpc) is 2.52. The lowest BCUT2D eigenvalue weighted by Gasteiger charge is -2.07. The van der Waals surface area contributed by atoms with Crippen molar-refractivity contribution in [1.29, 1.82) is 0 Å². The predicted octanol–water partition coefficient (Wildman–Crippen LogP) is 3.29. The first-order valence-corrected chi connectivity index (χ1v) is 8.10. The van der Waals surface area contributed by atoms with E-state index >= 15 is 0 Å². The topological polar surface area (TPSA) is 66.4 Å². The van der Waals surface area contributed by atoms with Crippen molar-refractivity contribution in [2.75, 3.05) is 6.54 Å². The number of benzene rings is 2. The van der Waals surface area contributed by atoms with Gasteiger partial charge in [0.25, 0.3) is 0 Å². The molecule has 0 atom stereocenters. The van der Waals surface area contributed by atoms with Crippen LogP contribution in [-0.4, -0.2) is 23.5 Å². The number of hydrogen-bond donors (Lipinski definition) is 2. The summed E-state index contributed by atoms with van der Waals surface area (Å²) >= 11 is 0. The van der Waals surface area contributed by atoms with Crippen LogP contribution >= 0.6 is 0 Å². The molecule has 0 saturated carbocycles. The van der Waals surface area contributed by atoms with Gasteiger partial charge in [0.05, 0.1) is 5.56 Å². The van der Waals surface area contributed by atoms with Gasteiger partial charge in [-0.25, -0.2) is 4.79 Å². The lowest BCUT2D eigenvalue weighted by atomic mass is 10.0. The molecule has 2 aromatic rings. The molecule has 0 bridgehead atoms. The van der Waals surface area contributed by atoms with E-state index in [-0.39, 0.29) is 11.5 Å². The molecule has 0 unspecified atom stereocenters. The minimum Gasteiger partial charge on any atom is -0.478 e. The molecule has 0 aliphatic rings. The second-order valence-corrected chi connectivity index (χ2v) is 6.10. The standard InChI is InChI=1S/C20H23NO3/c1-14-10-15(2)12-17(11-14)6-7-19(22)21-9-8-16-4-3-5-18(13-16)20(23)24/h3-5,10-13H,6-9H2,1-2H3,(H,21,22)(H,23,24). The molecule has 0 aliphatic carbocycles. The number of carbonyl (C=O) groups is 2. The number of hydrogen-bond acceptors (Lipinski definition) is 2. The van der Waals surface area contributed by atoms with Crippen LogP contribution in [0.4, 0.5) is 0 Å². The van der Waals surface area contributed by atoms with Gasteiger partial charge in [-0.2, -0.15) is 0 Å². The summed E-state index contributed by atoms with van der Waals surface area (Å²) in [6, 6.07) is 13.1. The number of rotatable bonds is 7. The number of carboxylic acid groups (broad SMARTS) is 1. The van der Waals surface area contributed by atoms with Crippen LogP contribution < -0.4 is 5.32 Å². The van der Waals surface area contributed by atoms with Gasteiger partial charge in [-0.05, 0) is 49.9 Å². The smallest absolute Gasteiger partial charge is 0.335 e. The first-order chi connectivity index (χ1) is 11.4. The van der Waals surface area contributed by atoms with E-state index in [2.05, 4.69) is 37.4 Å².